The standard InChI is InChI=1S/C22H20ClNO2/c1-14-11-18(23)5-8-20(14)21(16-3-6-19(25)7-4-16)13-22(26)17-9-10-24-15(2)12-17/h3-12,21,25H,13H2,1-2H3/t21-/m0/s1. The molecule has 26 heavy (non-hydrogen) atoms. The molecule has 0 aliphatic rings. The van der Waals surface area contributed by atoms with Crippen molar-refractivity contribution in [1.29, 1.82) is 0 Å². The van der Waals surface area contributed by atoms with E-state index in [-0.39, 0.29) is 17.5 Å². The van der Waals surface area contributed by atoms with Gasteiger partial charge in [0, 0.05) is 34.8 Å². The highest BCUT2D eigenvalue weighted by atomic mass is 35.5. The molecule has 0 bridgehead atoms. The Labute approximate surface area is 158 Å². The first kappa shape index (κ1) is 18.2. The van der Waals surface area contributed by atoms with Gasteiger partial charge in [0.1, 0.15) is 5.75 Å². The second-order valence-electron chi connectivity index (χ2n) is 6.46. The zero-order valence-corrected chi connectivity index (χ0v) is 15.5. The first-order chi connectivity index (χ1) is 12.4. The Hall–Kier alpha value is -2.65. The van der Waals surface area contributed by atoms with E-state index in [2.05, 4.69) is 4.98 Å². The number of pyridine rings is 1. The molecule has 0 radical (unpaired) electrons. The van der Waals surface area contributed by atoms with Crippen LogP contribution < -0.4 is 0 Å². The lowest BCUT2D eigenvalue weighted by Gasteiger charge is -2.20. The highest BCUT2D eigenvalue weighted by Crippen LogP contribution is 2.33. The number of phenolic OH excluding ortho intramolecular Hbond substituents is 1. The summed E-state index contributed by atoms with van der Waals surface area (Å²) in [5.74, 6) is 0.146. The Kier molecular flexibility index (Phi) is 5.38. The molecule has 0 unspecified atom stereocenters. The number of nitrogens with zero attached hydrogens (tertiary/aromatic N) is 1. The van der Waals surface area contributed by atoms with Crippen molar-refractivity contribution < 1.29 is 9.90 Å². The molecule has 0 saturated carbocycles. The number of ketones is 1. The van der Waals surface area contributed by atoms with Gasteiger partial charge in [0.15, 0.2) is 5.78 Å². The number of hydrogen-bond donors (Lipinski definition) is 1. The SMILES string of the molecule is Cc1cc(C(=O)C[C@@H](c2ccc(O)cc2)c2ccc(Cl)cc2C)ccn1. The van der Waals surface area contributed by atoms with Gasteiger partial charge in [-0.1, -0.05) is 29.8 Å². The number of carbonyl (C=O) groups excluding carboxylic acids is 1. The Morgan fingerprint density at radius 3 is 2.46 bits per heavy atom. The number of aryl methyl sites for hydroxylation is 2. The summed E-state index contributed by atoms with van der Waals surface area (Å²) in [6, 6.07) is 16.3. The smallest absolute Gasteiger partial charge is 0.163 e. The number of hydrogen-bond acceptors (Lipinski definition) is 3. The fourth-order valence-corrected chi connectivity index (χ4v) is 3.39. The summed E-state index contributed by atoms with van der Waals surface area (Å²) >= 11 is 6.10. The minimum absolute atomic E-state index is 0.0583. The summed E-state index contributed by atoms with van der Waals surface area (Å²) in [7, 11) is 0. The summed E-state index contributed by atoms with van der Waals surface area (Å²) in [6.07, 6.45) is 1.99. The molecule has 1 aromatic heterocycles. The number of aromatic hydroxyl groups is 1. The maximum atomic E-state index is 12.9. The van der Waals surface area contributed by atoms with Gasteiger partial charge in [-0.05, 0) is 66.9 Å². The number of Topliss-reactive ketones (excluding diaryl/α,β-unsaturated/α-hetero) is 1. The van der Waals surface area contributed by atoms with Crippen LogP contribution in [0, 0.1) is 13.8 Å². The van der Waals surface area contributed by atoms with Gasteiger partial charge in [-0.2, -0.15) is 0 Å². The summed E-state index contributed by atoms with van der Waals surface area (Å²) < 4.78 is 0. The second-order valence-corrected chi connectivity index (χ2v) is 6.89. The van der Waals surface area contributed by atoms with Crippen molar-refractivity contribution in [3.8, 4) is 5.75 Å². The van der Waals surface area contributed by atoms with Gasteiger partial charge in [0.2, 0.25) is 0 Å². The van der Waals surface area contributed by atoms with Crippen LogP contribution in [-0.4, -0.2) is 15.9 Å². The zero-order chi connectivity index (χ0) is 18.7. The van der Waals surface area contributed by atoms with Gasteiger partial charge in [0.25, 0.3) is 0 Å². The van der Waals surface area contributed by atoms with Crippen molar-refractivity contribution in [1.82, 2.24) is 4.98 Å². The largest absolute Gasteiger partial charge is 0.508 e. The van der Waals surface area contributed by atoms with Crippen molar-refractivity contribution in [2.45, 2.75) is 26.2 Å². The Bertz CT molecular complexity index is 935. The van der Waals surface area contributed by atoms with E-state index >= 15 is 0 Å². The fraction of sp³-hybridized carbons (Fsp3) is 0.182. The van der Waals surface area contributed by atoms with Crippen LogP contribution in [-0.2, 0) is 0 Å². The molecule has 1 atom stereocenters. The third-order valence-corrected chi connectivity index (χ3v) is 4.75. The maximum Gasteiger partial charge on any atom is 0.163 e. The molecular weight excluding hydrogens is 346 g/mol. The lowest BCUT2D eigenvalue weighted by molar-refractivity contribution is 0.0977. The van der Waals surface area contributed by atoms with E-state index < -0.39 is 0 Å². The van der Waals surface area contributed by atoms with Gasteiger partial charge in [-0.15, -0.1) is 0 Å². The Morgan fingerprint density at radius 1 is 1.08 bits per heavy atom. The molecule has 0 fully saturated rings. The van der Waals surface area contributed by atoms with Crippen LogP contribution in [0.5, 0.6) is 5.75 Å². The number of carbonyl (C=O) groups is 1. The minimum atomic E-state index is -0.117. The van der Waals surface area contributed by atoms with Crippen molar-refractivity contribution in [3.05, 3.63) is 93.8 Å². The van der Waals surface area contributed by atoms with Gasteiger partial charge >= 0.3 is 0 Å². The predicted octanol–water partition coefficient (Wildman–Crippen LogP) is 5.46. The monoisotopic (exact) mass is 365 g/mol. The number of benzene rings is 2. The molecule has 0 spiro atoms. The van der Waals surface area contributed by atoms with Crippen LogP contribution in [0.4, 0.5) is 0 Å². The molecule has 0 aliphatic heterocycles. The van der Waals surface area contributed by atoms with Gasteiger partial charge < -0.3 is 5.11 Å². The first-order valence-corrected chi connectivity index (χ1v) is 8.82. The highest BCUT2D eigenvalue weighted by molar-refractivity contribution is 6.30. The molecule has 3 rings (SSSR count). The molecule has 1 N–H and O–H groups in total. The molecule has 3 aromatic rings. The third-order valence-electron chi connectivity index (χ3n) is 4.51. The molecule has 0 saturated heterocycles. The van der Waals surface area contributed by atoms with Crippen LogP contribution in [0.2, 0.25) is 5.02 Å². The number of aromatic nitrogens is 1. The molecule has 2 aromatic carbocycles. The molecule has 132 valence electrons. The van der Waals surface area contributed by atoms with Crippen molar-refractivity contribution in [2.24, 2.45) is 0 Å². The van der Waals surface area contributed by atoms with E-state index in [9.17, 15) is 9.90 Å². The Morgan fingerprint density at radius 2 is 1.81 bits per heavy atom. The van der Waals surface area contributed by atoms with Gasteiger partial charge in [-0.3, -0.25) is 9.78 Å². The molecule has 0 amide bonds. The zero-order valence-electron chi connectivity index (χ0n) is 14.7. The van der Waals surface area contributed by atoms with Crippen LogP contribution in [0.15, 0.2) is 60.8 Å². The second kappa shape index (κ2) is 7.71. The fourth-order valence-electron chi connectivity index (χ4n) is 3.17. The number of rotatable bonds is 5. The van der Waals surface area contributed by atoms with E-state index in [1.54, 1.807) is 24.4 Å². The van der Waals surface area contributed by atoms with Crippen molar-refractivity contribution >= 4 is 17.4 Å². The average molecular weight is 366 g/mol. The lowest BCUT2D eigenvalue weighted by atomic mass is 9.84. The highest BCUT2D eigenvalue weighted by Gasteiger charge is 2.21. The summed E-state index contributed by atoms with van der Waals surface area (Å²) in [5, 5.41) is 10.3. The van der Waals surface area contributed by atoms with Crippen LogP contribution in [0.1, 0.15) is 45.1 Å². The number of halogens is 1. The molecule has 1 heterocycles. The van der Waals surface area contributed by atoms with E-state index in [1.165, 1.54) is 0 Å². The molecular formula is C22H20ClNO2. The van der Waals surface area contributed by atoms with Gasteiger partial charge in [0.05, 0.1) is 0 Å². The summed E-state index contributed by atoms with van der Waals surface area (Å²) in [5.41, 5.74) is 4.55. The average Bonchev–Trinajstić information content (AvgIpc) is 2.61. The van der Waals surface area contributed by atoms with E-state index in [4.69, 9.17) is 11.6 Å². The topological polar surface area (TPSA) is 50.2 Å². The van der Waals surface area contributed by atoms with Gasteiger partial charge in [-0.25, -0.2) is 0 Å². The van der Waals surface area contributed by atoms with Crippen LogP contribution >= 0.6 is 11.6 Å². The Balaban J connectivity index is 2.00. The maximum absolute atomic E-state index is 12.9. The molecule has 3 nitrogen and oxygen atoms in total. The summed E-state index contributed by atoms with van der Waals surface area (Å²) in [6.45, 7) is 3.87. The number of phenols is 1. The third kappa shape index (κ3) is 4.12. The lowest BCUT2D eigenvalue weighted by Crippen LogP contribution is -2.11. The van der Waals surface area contributed by atoms with E-state index in [0.717, 1.165) is 22.4 Å². The van der Waals surface area contributed by atoms with E-state index in [1.807, 2.05) is 50.2 Å². The van der Waals surface area contributed by atoms with Crippen LogP contribution in [0.25, 0.3) is 0 Å². The van der Waals surface area contributed by atoms with Crippen molar-refractivity contribution in [3.63, 3.8) is 0 Å². The van der Waals surface area contributed by atoms with E-state index in [0.29, 0.717) is 17.0 Å². The normalized spacial score (nSPS) is 12.0. The van der Waals surface area contributed by atoms with Crippen LogP contribution in [0.3, 0.4) is 0 Å². The molecule has 4 heteroatoms. The predicted molar refractivity (Wildman–Crippen MR) is 104 cm³/mol. The summed E-state index contributed by atoms with van der Waals surface area (Å²) in [4.78, 5) is 17.1. The van der Waals surface area contributed by atoms with Crippen molar-refractivity contribution in [2.75, 3.05) is 0 Å². The quantitative estimate of drug-likeness (QED) is 0.610. The minimum Gasteiger partial charge on any atom is -0.508 e. The first-order valence-electron chi connectivity index (χ1n) is 8.45. The molecule has 0 aliphatic carbocycles.